The third-order valence-electron chi connectivity index (χ3n) is 4.43. The lowest BCUT2D eigenvalue weighted by Crippen LogP contribution is -2.17. The number of nitrogens with one attached hydrogen (secondary N) is 1. The van der Waals surface area contributed by atoms with Crippen LogP contribution in [0.2, 0.25) is 5.02 Å². The van der Waals surface area contributed by atoms with Crippen molar-refractivity contribution in [2.24, 2.45) is 5.10 Å². The van der Waals surface area contributed by atoms with Gasteiger partial charge in [0.1, 0.15) is 12.4 Å². The molecule has 0 radical (unpaired) electrons. The first kappa shape index (κ1) is 25.1. The maximum absolute atomic E-state index is 12.6. The predicted molar refractivity (Wildman–Crippen MR) is 137 cm³/mol. The van der Waals surface area contributed by atoms with E-state index < -0.39 is 0 Å². The highest BCUT2D eigenvalue weighted by atomic mass is 79.9. The van der Waals surface area contributed by atoms with Crippen LogP contribution in [0.15, 0.2) is 68.6 Å². The lowest BCUT2D eigenvalue weighted by Gasteiger charge is -2.12. The summed E-state index contributed by atoms with van der Waals surface area (Å²) in [5.41, 5.74) is 4.57. The van der Waals surface area contributed by atoms with E-state index in [1.165, 1.54) is 6.21 Å². The molecule has 0 atom stereocenters. The van der Waals surface area contributed by atoms with Crippen molar-refractivity contribution in [3.05, 3.63) is 85.3 Å². The van der Waals surface area contributed by atoms with Crippen molar-refractivity contribution in [3.63, 3.8) is 0 Å². The highest BCUT2D eigenvalue weighted by molar-refractivity contribution is 9.11. The van der Waals surface area contributed by atoms with Gasteiger partial charge >= 0.3 is 0 Å². The van der Waals surface area contributed by atoms with Gasteiger partial charge < -0.3 is 14.2 Å². The minimum atomic E-state index is -0.382. The van der Waals surface area contributed by atoms with Gasteiger partial charge in [-0.2, -0.15) is 5.10 Å². The van der Waals surface area contributed by atoms with Crippen LogP contribution in [-0.4, -0.2) is 25.8 Å². The number of hydrogen-bond donors (Lipinski definition) is 1. The summed E-state index contributed by atoms with van der Waals surface area (Å²) in [6.07, 6.45) is 1.53. The van der Waals surface area contributed by atoms with Crippen LogP contribution in [-0.2, 0) is 6.61 Å². The summed E-state index contributed by atoms with van der Waals surface area (Å²) in [5, 5.41) is 4.77. The lowest BCUT2D eigenvalue weighted by molar-refractivity contribution is 0.0954. The van der Waals surface area contributed by atoms with E-state index in [4.69, 9.17) is 25.8 Å². The van der Waals surface area contributed by atoms with Crippen molar-refractivity contribution in [2.75, 3.05) is 13.7 Å². The summed E-state index contributed by atoms with van der Waals surface area (Å²) in [5.74, 6) is 1.26. The minimum Gasteiger partial charge on any atom is -0.493 e. The Morgan fingerprint density at radius 2 is 1.82 bits per heavy atom. The average Bonchev–Trinajstić information content (AvgIpc) is 2.79. The van der Waals surface area contributed by atoms with Gasteiger partial charge in [0, 0.05) is 20.6 Å². The van der Waals surface area contributed by atoms with Crippen molar-refractivity contribution in [1.29, 1.82) is 0 Å². The molecule has 0 heterocycles. The minimum absolute atomic E-state index is 0.344. The van der Waals surface area contributed by atoms with Gasteiger partial charge in [-0.05, 0) is 70.9 Å². The van der Waals surface area contributed by atoms with Crippen LogP contribution < -0.4 is 19.6 Å². The molecule has 9 heteroatoms. The van der Waals surface area contributed by atoms with Crippen LogP contribution >= 0.6 is 43.5 Å². The van der Waals surface area contributed by atoms with Crippen LogP contribution in [0.4, 0.5) is 0 Å². The Labute approximate surface area is 214 Å². The Balaban J connectivity index is 1.74. The first-order chi connectivity index (χ1) is 15.9. The molecule has 3 aromatic carbocycles. The summed E-state index contributed by atoms with van der Waals surface area (Å²) in [6.45, 7) is 2.66. The molecule has 172 valence electrons. The van der Waals surface area contributed by atoms with Crippen LogP contribution in [0.1, 0.15) is 28.4 Å². The zero-order chi connectivity index (χ0) is 23.8. The number of nitrogens with zero attached hydrogens (tertiary/aromatic N) is 1. The molecule has 33 heavy (non-hydrogen) atoms. The summed E-state index contributed by atoms with van der Waals surface area (Å²) < 4.78 is 18.4. The van der Waals surface area contributed by atoms with E-state index in [1.54, 1.807) is 25.3 Å². The lowest BCUT2D eigenvalue weighted by atomic mass is 10.2. The van der Waals surface area contributed by atoms with E-state index in [9.17, 15) is 4.79 Å². The number of amides is 1. The molecular formula is C24H21Br2ClN2O4. The van der Waals surface area contributed by atoms with Crippen molar-refractivity contribution >= 4 is 55.6 Å². The number of benzene rings is 3. The normalized spacial score (nSPS) is 10.8. The van der Waals surface area contributed by atoms with Crippen molar-refractivity contribution in [3.8, 4) is 17.2 Å². The van der Waals surface area contributed by atoms with Gasteiger partial charge in [-0.1, -0.05) is 39.7 Å². The summed E-state index contributed by atoms with van der Waals surface area (Å²) in [7, 11) is 1.55. The van der Waals surface area contributed by atoms with E-state index in [1.807, 2.05) is 43.3 Å². The summed E-state index contributed by atoms with van der Waals surface area (Å²) in [4.78, 5) is 12.6. The molecule has 1 amide bonds. The standard InChI is InChI=1S/C24H21Br2ClN2O4/c1-3-32-22-11-16(6-9-21(22)31-2)24(30)29-28-13-17-10-18(25)12-20(26)23(17)33-14-15-4-7-19(27)8-5-15/h4-13H,3,14H2,1-2H3,(H,29,30)/b28-13+. The Bertz CT molecular complexity index is 1150. The third kappa shape index (κ3) is 6.96. The molecule has 1 N–H and O–H groups in total. The molecule has 0 bridgehead atoms. The molecule has 0 aromatic heterocycles. The zero-order valence-electron chi connectivity index (χ0n) is 17.9. The number of halogens is 3. The second-order valence-corrected chi connectivity index (χ2v) is 8.93. The Morgan fingerprint density at radius 3 is 2.52 bits per heavy atom. The van der Waals surface area contributed by atoms with Crippen LogP contribution in [0.3, 0.4) is 0 Å². The maximum atomic E-state index is 12.6. The number of rotatable bonds is 9. The molecular weight excluding hydrogens is 576 g/mol. The highest BCUT2D eigenvalue weighted by Gasteiger charge is 2.12. The number of methoxy groups -OCH3 is 1. The molecule has 0 fully saturated rings. The van der Waals surface area contributed by atoms with E-state index >= 15 is 0 Å². The fraction of sp³-hybridized carbons (Fsp3) is 0.167. The van der Waals surface area contributed by atoms with Crippen LogP contribution in [0.25, 0.3) is 0 Å². The first-order valence-corrected chi connectivity index (χ1v) is 11.9. The topological polar surface area (TPSA) is 69.2 Å². The van der Waals surface area contributed by atoms with E-state index in [0.29, 0.717) is 46.6 Å². The largest absolute Gasteiger partial charge is 0.493 e. The van der Waals surface area contributed by atoms with Gasteiger partial charge in [0.2, 0.25) is 0 Å². The fourth-order valence-corrected chi connectivity index (χ4v) is 4.37. The van der Waals surface area contributed by atoms with Gasteiger partial charge in [0.15, 0.2) is 11.5 Å². The maximum Gasteiger partial charge on any atom is 0.271 e. The van der Waals surface area contributed by atoms with E-state index in [0.717, 1.165) is 14.5 Å². The quantitative estimate of drug-likeness (QED) is 0.223. The second kappa shape index (κ2) is 12.1. The van der Waals surface area contributed by atoms with E-state index in [2.05, 4.69) is 42.4 Å². The van der Waals surface area contributed by atoms with Crippen LogP contribution in [0.5, 0.6) is 17.2 Å². The second-order valence-electron chi connectivity index (χ2n) is 6.72. The van der Waals surface area contributed by atoms with Gasteiger partial charge in [-0.15, -0.1) is 0 Å². The molecule has 3 aromatic rings. The van der Waals surface area contributed by atoms with Crippen molar-refractivity contribution < 1.29 is 19.0 Å². The fourth-order valence-electron chi connectivity index (χ4n) is 2.88. The predicted octanol–water partition coefficient (Wildman–Crippen LogP) is 6.62. The van der Waals surface area contributed by atoms with Gasteiger partial charge in [0.25, 0.3) is 5.91 Å². The molecule has 3 rings (SSSR count). The zero-order valence-corrected chi connectivity index (χ0v) is 21.8. The van der Waals surface area contributed by atoms with Gasteiger partial charge in [-0.25, -0.2) is 5.43 Å². The van der Waals surface area contributed by atoms with Crippen LogP contribution in [0, 0.1) is 0 Å². The monoisotopic (exact) mass is 594 g/mol. The molecule has 0 aliphatic heterocycles. The van der Waals surface area contributed by atoms with Gasteiger partial charge in [0.05, 0.1) is 24.4 Å². The molecule has 0 spiro atoms. The molecule has 0 saturated heterocycles. The van der Waals surface area contributed by atoms with Crippen molar-refractivity contribution in [1.82, 2.24) is 5.43 Å². The Hall–Kier alpha value is -2.55. The Kier molecular flexibility index (Phi) is 9.17. The first-order valence-electron chi connectivity index (χ1n) is 9.91. The number of hydrogen-bond acceptors (Lipinski definition) is 5. The summed E-state index contributed by atoms with van der Waals surface area (Å²) in [6, 6.07) is 16.1. The number of carbonyl (C=O) groups excluding carboxylic acids is 1. The summed E-state index contributed by atoms with van der Waals surface area (Å²) >= 11 is 12.9. The highest BCUT2D eigenvalue weighted by Crippen LogP contribution is 2.33. The van der Waals surface area contributed by atoms with E-state index in [-0.39, 0.29) is 5.91 Å². The third-order valence-corrected chi connectivity index (χ3v) is 5.73. The number of hydrazone groups is 1. The molecule has 0 unspecified atom stereocenters. The molecule has 0 saturated carbocycles. The smallest absolute Gasteiger partial charge is 0.271 e. The number of carbonyl (C=O) groups is 1. The number of ether oxygens (including phenoxy) is 3. The Morgan fingerprint density at radius 1 is 1.06 bits per heavy atom. The van der Waals surface area contributed by atoms with Gasteiger partial charge in [-0.3, -0.25) is 4.79 Å². The molecule has 0 aliphatic carbocycles. The molecule has 0 aliphatic rings. The van der Waals surface area contributed by atoms with Crippen molar-refractivity contribution in [2.45, 2.75) is 13.5 Å². The molecule has 6 nitrogen and oxygen atoms in total. The average molecular weight is 597 g/mol. The SMILES string of the molecule is CCOc1cc(C(=O)N/N=C/c2cc(Br)cc(Br)c2OCc2ccc(Cl)cc2)ccc1OC.